The number of hydrogen-bond acceptors (Lipinski definition) is 9. The quantitative estimate of drug-likeness (QED) is 0.313. The highest BCUT2D eigenvalue weighted by molar-refractivity contribution is 7.89. The highest BCUT2D eigenvalue weighted by Gasteiger charge is 2.65. The molecule has 0 aromatic heterocycles. The van der Waals surface area contributed by atoms with Crippen LogP contribution in [0.25, 0.3) is 0 Å². The number of rotatable bonds is 6. The van der Waals surface area contributed by atoms with Crippen molar-refractivity contribution in [1.29, 1.82) is 0 Å². The second-order valence-corrected chi connectivity index (χ2v) is 12.1. The maximum atomic E-state index is 14.0. The number of carbonyl (C=O) groups excluding carboxylic acids is 2. The minimum absolute atomic E-state index is 0.0167. The van der Waals surface area contributed by atoms with Gasteiger partial charge in [-0.2, -0.15) is 4.31 Å². The van der Waals surface area contributed by atoms with Crippen molar-refractivity contribution >= 4 is 33.3 Å². The van der Waals surface area contributed by atoms with Gasteiger partial charge in [-0.3, -0.25) is 19.7 Å². The predicted octanol–water partition coefficient (Wildman–Crippen LogP) is 2.98. The summed E-state index contributed by atoms with van der Waals surface area (Å²) in [6.07, 6.45) is -1.14. The Labute approximate surface area is 215 Å². The summed E-state index contributed by atoms with van der Waals surface area (Å²) < 4.78 is 39.8. The molecule has 2 aromatic carbocycles. The average molecular weight is 532 g/mol. The molecule has 0 radical (unpaired) electrons. The van der Waals surface area contributed by atoms with Gasteiger partial charge in [0.2, 0.25) is 10.0 Å². The molecule has 198 valence electrons. The van der Waals surface area contributed by atoms with Crippen molar-refractivity contribution in [2.45, 2.75) is 61.7 Å². The number of nitrogens with zero attached hydrogens (tertiary/aromatic N) is 3. The number of fused-ring (bicyclic) bond motifs is 3. The molecule has 1 saturated heterocycles. The summed E-state index contributed by atoms with van der Waals surface area (Å²) in [4.78, 5) is 38.1. The van der Waals surface area contributed by atoms with Crippen LogP contribution in [0.5, 0.6) is 0 Å². The molecule has 2 heterocycles. The van der Waals surface area contributed by atoms with Crippen molar-refractivity contribution in [2.75, 3.05) is 19.1 Å². The Kier molecular flexibility index (Phi) is 6.53. The number of likely N-dealkylation sites (N-methyl/N-ethyl adjacent to an activating group) is 1. The Morgan fingerprint density at radius 2 is 1.76 bits per heavy atom. The van der Waals surface area contributed by atoms with E-state index >= 15 is 0 Å². The number of hydrogen-bond donors (Lipinski definition) is 0. The molecule has 0 bridgehead atoms. The molecule has 3 atom stereocenters. The molecule has 37 heavy (non-hydrogen) atoms. The lowest BCUT2D eigenvalue weighted by atomic mass is 9.75. The maximum Gasteiger partial charge on any atom is 0.324 e. The summed E-state index contributed by atoms with van der Waals surface area (Å²) in [6, 6.07) is 10.5. The first-order chi connectivity index (χ1) is 17.2. The summed E-state index contributed by atoms with van der Waals surface area (Å²) in [5, 5.41) is 11.1. The van der Waals surface area contributed by atoms with Crippen LogP contribution in [0.3, 0.4) is 0 Å². The highest BCUT2D eigenvalue weighted by atomic mass is 32.2. The van der Waals surface area contributed by atoms with E-state index in [1.165, 1.54) is 7.11 Å². The number of ether oxygens (including phenoxy) is 2. The van der Waals surface area contributed by atoms with E-state index in [1.807, 2.05) is 18.2 Å². The van der Waals surface area contributed by atoms with Crippen LogP contribution in [0.1, 0.15) is 39.2 Å². The number of sulfonamides is 1. The van der Waals surface area contributed by atoms with Gasteiger partial charge in [0.25, 0.3) is 5.69 Å². The van der Waals surface area contributed by atoms with Crippen molar-refractivity contribution < 1.29 is 32.4 Å². The number of para-hydroxylation sites is 1. The van der Waals surface area contributed by atoms with E-state index in [0.717, 1.165) is 39.8 Å². The van der Waals surface area contributed by atoms with E-state index in [4.69, 9.17) is 9.47 Å². The third-order valence-corrected chi connectivity index (χ3v) is 8.64. The number of nitro groups is 1. The molecular weight excluding hydrogens is 502 g/mol. The fourth-order valence-corrected chi connectivity index (χ4v) is 7.28. The molecule has 0 unspecified atom stereocenters. The van der Waals surface area contributed by atoms with E-state index in [-0.39, 0.29) is 23.4 Å². The van der Waals surface area contributed by atoms with E-state index in [1.54, 1.807) is 38.8 Å². The first-order valence-electron chi connectivity index (χ1n) is 11.6. The van der Waals surface area contributed by atoms with Gasteiger partial charge in [0.1, 0.15) is 17.8 Å². The molecule has 2 aliphatic heterocycles. The first kappa shape index (κ1) is 26.6. The number of non-ortho nitro benzene ring substituents is 1. The molecule has 1 fully saturated rings. The number of esters is 2. The predicted molar refractivity (Wildman–Crippen MR) is 133 cm³/mol. The fraction of sp³-hybridized carbons (Fsp3) is 0.440. The van der Waals surface area contributed by atoms with Gasteiger partial charge in [-0.1, -0.05) is 18.2 Å². The zero-order valence-electron chi connectivity index (χ0n) is 21.2. The van der Waals surface area contributed by atoms with Gasteiger partial charge in [0.05, 0.1) is 23.3 Å². The van der Waals surface area contributed by atoms with Crippen molar-refractivity contribution in [3.8, 4) is 0 Å². The number of anilines is 1. The van der Waals surface area contributed by atoms with Gasteiger partial charge in [0, 0.05) is 30.3 Å². The highest BCUT2D eigenvalue weighted by Crippen LogP contribution is 2.57. The SMILES string of the molecule is COC(=O)[C@H]1C[C@@]2(CC(=O)OC(C)(C)C)c3ccccc3N(C)[C@H]2N1S(=O)(=O)c1ccc([N+](=O)[O-])cc1. The van der Waals surface area contributed by atoms with Crippen LogP contribution in [-0.2, 0) is 34.5 Å². The summed E-state index contributed by atoms with van der Waals surface area (Å²) in [5.41, 5.74) is -0.695. The third-order valence-electron chi connectivity index (χ3n) is 6.76. The van der Waals surface area contributed by atoms with Gasteiger partial charge >= 0.3 is 11.9 Å². The lowest BCUT2D eigenvalue weighted by molar-refractivity contribution is -0.384. The molecular formula is C25H29N3O8S. The van der Waals surface area contributed by atoms with Gasteiger partial charge in [-0.15, -0.1) is 0 Å². The second kappa shape index (κ2) is 9.10. The summed E-state index contributed by atoms with van der Waals surface area (Å²) >= 11 is 0. The number of methoxy groups -OCH3 is 1. The van der Waals surface area contributed by atoms with E-state index in [0.29, 0.717) is 0 Å². The molecule has 0 saturated carbocycles. The monoisotopic (exact) mass is 531 g/mol. The molecule has 11 nitrogen and oxygen atoms in total. The molecule has 0 N–H and O–H groups in total. The van der Waals surface area contributed by atoms with Crippen LogP contribution < -0.4 is 4.90 Å². The van der Waals surface area contributed by atoms with E-state index in [9.17, 15) is 28.1 Å². The van der Waals surface area contributed by atoms with Crippen molar-refractivity contribution in [1.82, 2.24) is 4.31 Å². The maximum absolute atomic E-state index is 14.0. The number of carbonyl (C=O) groups is 2. The van der Waals surface area contributed by atoms with Crippen LogP contribution in [0.15, 0.2) is 53.4 Å². The minimum atomic E-state index is -4.38. The Balaban J connectivity index is 1.89. The zero-order chi connectivity index (χ0) is 27.3. The van der Waals surface area contributed by atoms with Crippen LogP contribution in [0.2, 0.25) is 0 Å². The summed E-state index contributed by atoms with van der Waals surface area (Å²) in [7, 11) is -1.50. The Bertz CT molecular complexity index is 1350. The largest absolute Gasteiger partial charge is 0.468 e. The zero-order valence-corrected chi connectivity index (χ0v) is 22.0. The van der Waals surface area contributed by atoms with Crippen LogP contribution in [-0.4, -0.2) is 61.6 Å². The van der Waals surface area contributed by atoms with Gasteiger partial charge in [-0.25, -0.2) is 8.42 Å². The van der Waals surface area contributed by atoms with E-state index < -0.39 is 50.1 Å². The lowest BCUT2D eigenvalue weighted by Gasteiger charge is -2.36. The van der Waals surface area contributed by atoms with Gasteiger partial charge in [-0.05, 0) is 51.0 Å². The Morgan fingerprint density at radius 3 is 2.32 bits per heavy atom. The topological polar surface area (TPSA) is 136 Å². The van der Waals surface area contributed by atoms with E-state index in [2.05, 4.69) is 0 Å². The summed E-state index contributed by atoms with van der Waals surface area (Å²) in [5.74, 6) is -1.30. The number of nitro benzene ring substituents is 1. The molecule has 0 aliphatic carbocycles. The molecule has 12 heteroatoms. The molecule has 2 aliphatic rings. The standard InChI is InChI=1S/C25H29N3O8S/c1-24(2,3)36-21(29)15-25-14-20(22(30)35-5)27(23(25)26(4)19-9-7-6-8-18(19)25)37(33,34)17-12-10-16(11-13-17)28(31)32/h6-13,20,23H,14-15H2,1-5H3/t20-,23+,25-/m1/s1. The van der Waals surface area contributed by atoms with Crippen molar-refractivity contribution in [3.05, 3.63) is 64.2 Å². The molecule has 4 rings (SSSR count). The Hall–Kier alpha value is -3.51. The van der Waals surface area contributed by atoms with Crippen molar-refractivity contribution in [3.63, 3.8) is 0 Å². The van der Waals surface area contributed by atoms with Gasteiger partial charge in [0.15, 0.2) is 0 Å². The molecule has 0 spiro atoms. The van der Waals surface area contributed by atoms with Gasteiger partial charge < -0.3 is 14.4 Å². The Morgan fingerprint density at radius 1 is 1.14 bits per heavy atom. The molecule has 2 aromatic rings. The first-order valence-corrected chi connectivity index (χ1v) is 13.1. The third kappa shape index (κ3) is 4.44. The van der Waals surface area contributed by atoms with Crippen LogP contribution in [0.4, 0.5) is 11.4 Å². The smallest absolute Gasteiger partial charge is 0.324 e. The number of benzene rings is 2. The van der Waals surface area contributed by atoms with Crippen molar-refractivity contribution in [2.24, 2.45) is 0 Å². The summed E-state index contributed by atoms with van der Waals surface area (Å²) in [6.45, 7) is 5.23. The minimum Gasteiger partial charge on any atom is -0.468 e. The normalized spacial score (nSPS) is 23.3. The fourth-order valence-electron chi connectivity index (χ4n) is 5.46. The lowest BCUT2D eigenvalue weighted by Crippen LogP contribution is -2.54. The molecule has 0 amide bonds. The van der Waals surface area contributed by atoms with Crippen LogP contribution >= 0.6 is 0 Å². The average Bonchev–Trinajstić information content (AvgIpc) is 3.28. The second-order valence-electron chi connectivity index (χ2n) is 10.3. The van der Waals surface area contributed by atoms with Crippen LogP contribution in [0, 0.1) is 10.1 Å².